The number of thiocarbonyl (C=S) groups is 1. The SMILES string of the molecule is Cl.NCCCC1=CNC(=S)[N]1. The zero-order valence-electron chi connectivity index (χ0n) is 6.04. The molecule has 0 bridgehead atoms. The standard InChI is InChI=1S/C6H10N3S.ClH/c7-3-1-2-5-4-8-6(10)9-5;/h4H,1-3,7H2,(H,8,10);1H. The molecule has 0 aromatic carbocycles. The molecule has 0 unspecified atom stereocenters. The third-order valence-corrected chi connectivity index (χ3v) is 1.45. The Balaban J connectivity index is 0.000001000. The maximum Gasteiger partial charge on any atom is 0.197 e. The molecule has 0 atom stereocenters. The fourth-order valence-corrected chi connectivity index (χ4v) is 0.927. The van der Waals surface area contributed by atoms with Gasteiger partial charge >= 0.3 is 0 Å². The molecule has 1 aliphatic rings. The highest BCUT2D eigenvalue weighted by atomic mass is 35.5. The molecule has 1 aliphatic heterocycles. The largest absolute Gasteiger partial charge is 0.336 e. The molecule has 5 heteroatoms. The van der Waals surface area contributed by atoms with Crippen molar-refractivity contribution in [3.05, 3.63) is 11.9 Å². The van der Waals surface area contributed by atoms with E-state index in [9.17, 15) is 0 Å². The smallest absolute Gasteiger partial charge is 0.197 e. The van der Waals surface area contributed by atoms with Crippen LogP contribution in [0.3, 0.4) is 0 Å². The molecule has 0 spiro atoms. The Bertz CT molecular complexity index is 169. The van der Waals surface area contributed by atoms with Gasteiger partial charge in [-0.2, -0.15) is 0 Å². The van der Waals surface area contributed by atoms with E-state index in [0.29, 0.717) is 11.7 Å². The molecular weight excluding hydrogens is 182 g/mol. The summed E-state index contributed by atoms with van der Waals surface area (Å²) in [5, 5.41) is 7.45. The fourth-order valence-electron chi connectivity index (χ4n) is 0.751. The normalized spacial score (nSPS) is 14.6. The molecule has 0 fully saturated rings. The molecule has 0 saturated heterocycles. The van der Waals surface area contributed by atoms with Gasteiger partial charge in [-0.1, -0.05) is 0 Å². The van der Waals surface area contributed by atoms with Gasteiger partial charge in [0.05, 0.1) is 5.70 Å². The number of nitrogens with zero attached hydrogens (tertiary/aromatic N) is 1. The van der Waals surface area contributed by atoms with Crippen LogP contribution in [0, 0.1) is 0 Å². The summed E-state index contributed by atoms with van der Waals surface area (Å²) in [6.45, 7) is 0.708. The molecule has 1 heterocycles. The minimum Gasteiger partial charge on any atom is -0.336 e. The number of nitrogens with one attached hydrogen (secondary N) is 1. The van der Waals surface area contributed by atoms with Gasteiger partial charge in [-0.25, -0.2) is 5.32 Å². The van der Waals surface area contributed by atoms with E-state index < -0.39 is 0 Å². The number of hydrogen-bond donors (Lipinski definition) is 2. The van der Waals surface area contributed by atoms with Crippen LogP contribution < -0.4 is 16.4 Å². The van der Waals surface area contributed by atoms with Crippen molar-refractivity contribution >= 4 is 29.7 Å². The predicted octanol–water partition coefficient (Wildman–Crippen LogP) is 0.481. The van der Waals surface area contributed by atoms with Crippen LogP contribution in [0.25, 0.3) is 0 Å². The van der Waals surface area contributed by atoms with Crippen molar-refractivity contribution in [1.82, 2.24) is 10.6 Å². The van der Waals surface area contributed by atoms with Crippen molar-refractivity contribution in [2.75, 3.05) is 6.54 Å². The van der Waals surface area contributed by atoms with E-state index in [4.69, 9.17) is 18.0 Å². The van der Waals surface area contributed by atoms with Crippen LogP contribution in [0.2, 0.25) is 0 Å². The lowest BCUT2D eigenvalue weighted by molar-refractivity contribution is 0.798. The number of hydrogen-bond acceptors (Lipinski definition) is 2. The molecule has 0 aliphatic carbocycles. The minimum absolute atomic E-state index is 0. The molecule has 0 amide bonds. The van der Waals surface area contributed by atoms with Gasteiger partial charge in [-0.3, -0.25) is 0 Å². The molecule has 0 aromatic rings. The third-order valence-electron chi connectivity index (χ3n) is 1.24. The van der Waals surface area contributed by atoms with Crippen molar-refractivity contribution in [3.8, 4) is 0 Å². The summed E-state index contributed by atoms with van der Waals surface area (Å²) in [6.07, 6.45) is 3.72. The third kappa shape index (κ3) is 3.55. The lowest BCUT2D eigenvalue weighted by atomic mass is 10.2. The summed E-state index contributed by atoms with van der Waals surface area (Å²) in [5.74, 6) is 0. The van der Waals surface area contributed by atoms with Gasteiger partial charge in [0.25, 0.3) is 0 Å². The zero-order chi connectivity index (χ0) is 7.40. The highest BCUT2D eigenvalue weighted by Gasteiger charge is 2.08. The Kier molecular flexibility index (Phi) is 5.19. The average Bonchev–Trinajstić information content (AvgIpc) is 2.31. The Morgan fingerprint density at radius 1 is 1.64 bits per heavy atom. The van der Waals surface area contributed by atoms with Gasteiger partial charge in [0, 0.05) is 6.20 Å². The monoisotopic (exact) mass is 192 g/mol. The van der Waals surface area contributed by atoms with Crippen molar-refractivity contribution in [2.24, 2.45) is 5.73 Å². The van der Waals surface area contributed by atoms with Gasteiger partial charge in [-0.05, 0) is 31.6 Å². The summed E-state index contributed by atoms with van der Waals surface area (Å²) in [4.78, 5) is 0. The first-order chi connectivity index (χ1) is 4.83. The van der Waals surface area contributed by atoms with Gasteiger partial charge in [-0.15, -0.1) is 12.4 Å². The van der Waals surface area contributed by atoms with Crippen molar-refractivity contribution in [3.63, 3.8) is 0 Å². The van der Waals surface area contributed by atoms with Crippen LogP contribution >= 0.6 is 24.6 Å². The average molecular weight is 193 g/mol. The topological polar surface area (TPSA) is 52.1 Å². The highest BCUT2D eigenvalue weighted by molar-refractivity contribution is 7.80. The van der Waals surface area contributed by atoms with Crippen molar-refractivity contribution in [2.45, 2.75) is 12.8 Å². The molecule has 1 rings (SSSR count). The summed E-state index contributed by atoms with van der Waals surface area (Å²) < 4.78 is 0. The second-order valence-corrected chi connectivity index (χ2v) is 2.48. The van der Waals surface area contributed by atoms with Crippen LogP contribution in [0.1, 0.15) is 12.8 Å². The number of halogens is 1. The summed E-state index contributed by atoms with van der Waals surface area (Å²) >= 11 is 4.79. The molecule has 3 N–H and O–H groups in total. The first-order valence-electron chi connectivity index (χ1n) is 3.24. The first kappa shape index (κ1) is 10.7. The van der Waals surface area contributed by atoms with Crippen LogP contribution in [0.4, 0.5) is 0 Å². The number of nitrogens with two attached hydrogens (primary N) is 1. The molecule has 3 nitrogen and oxygen atoms in total. The molecule has 11 heavy (non-hydrogen) atoms. The summed E-state index contributed by atoms with van der Waals surface area (Å²) in [6, 6.07) is 0. The fraction of sp³-hybridized carbons (Fsp3) is 0.500. The molecule has 0 aromatic heterocycles. The molecule has 0 saturated carbocycles. The van der Waals surface area contributed by atoms with Gasteiger partial charge < -0.3 is 11.1 Å². The Labute approximate surface area is 77.8 Å². The van der Waals surface area contributed by atoms with Crippen LogP contribution in [-0.4, -0.2) is 11.7 Å². The van der Waals surface area contributed by atoms with E-state index in [1.165, 1.54) is 0 Å². The van der Waals surface area contributed by atoms with Gasteiger partial charge in [0.1, 0.15) is 0 Å². The summed E-state index contributed by atoms with van der Waals surface area (Å²) in [7, 11) is 0. The van der Waals surface area contributed by atoms with Gasteiger partial charge in [0.2, 0.25) is 0 Å². The quantitative estimate of drug-likeness (QED) is 0.640. The molecule has 63 valence electrons. The Morgan fingerprint density at radius 3 is 2.82 bits per heavy atom. The second kappa shape index (κ2) is 5.35. The van der Waals surface area contributed by atoms with Crippen molar-refractivity contribution < 1.29 is 0 Å². The van der Waals surface area contributed by atoms with Crippen LogP contribution in [-0.2, 0) is 0 Å². The Morgan fingerprint density at radius 2 is 2.36 bits per heavy atom. The zero-order valence-corrected chi connectivity index (χ0v) is 7.67. The highest BCUT2D eigenvalue weighted by Crippen LogP contribution is 2.04. The maximum absolute atomic E-state index is 5.32. The first-order valence-corrected chi connectivity index (χ1v) is 3.65. The maximum atomic E-state index is 5.32. The van der Waals surface area contributed by atoms with E-state index in [-0.39, 0.29) is 12.4 Å². The minimum atomic E-state index is 0. The number of rotatable bonds is 3. The van der Waals surface area contributed by atoms with Crippen LogP contribution in [0.5, 0.6) is 0 Å². The molecular formula is C6H11ClN3S. The lowest BCUT2D eigenvalue weighted by Crippen LogP contribution is -2.15. The van der Waals surface area contributed by atoms with E-state index in [1.54, 1.807) is 0 Å². The lowest BCUT2D eigenvalue weighted by Gasteiger charge is -1.96. The van der Waals surface area contributed by atoms with E-state index in [0.717, 1.165) is 18.5 Å². The predicted molar refractivity (Wildman–Crippen MR) is 51.5 cm³/mol. The van der Waals surface area contributed by atoms with E-state index in [1.807, 2.05) is 6.20 Å². The summed E-state index contributed by atoms with van der Waals surface area (Å²) in [5.41, 5.74) is 6.33. The van der Waals surface area contributed by atoms with E-state index >= 15 is 0 Å². The Hall–Kier alpha value is -0.320. The number of allylic oxidation sites excluding steroid dienone is 1. The van der Waals surface area contributed by atoms with Crippen LogP contribution in [0.15, 0.2) is 11.9 Å². The molecule has 1 radical (unpaired) electrons. The van der Waals surface area contributed by atoms with Crippen molar-refractivity contribution in [1.29, 1.82) is 0 Å². The second-order valence-electron chi connectivity index (χ2n) is 2.09. The van der Waals surface area contributed by atoms with E-state index in [2.05, 4.69) is 10.6 Å². The van der Waals surface area contributed by atoms with Gasteiger partial charge in [0.15, 0.2) is 5.11 Å².